The van der Waals surface area contributed by atoms with Gasteiger partial charge in [0.25, 0.3) is 5.91 Å². The highest BCUT2D eigenvalue weighted by molar-refractivity contribution is 5.92. The molecule has 0 aliphatic heterocycles. The predicted molar refractivity (Wildman–Crippen MR) is 72.4 cm³/mol. The van der Waals surface area contributed by atoms with Crippen LogP contribution in [-0.4, -0.2) is 48.7 Å². The molecular formula is C13H23N3O3. The van der Waals surface area contributed by atoms with E-state index in [1.54, 1.807) is 0 Å². The van der Waals surface area contributed by atoms with Crippen LogP contribution in [0.3, 0.4) is 0 Å². The van der Waals surface area contributed by atoms with Crippen LogP contribution in [0.1, 0.15) is 37.7 Å². The normalized spacial score (nSPS) is 14.2. The van der Waals surface area contributed by atoms with Gasteiger partial charge < -0.3 is 14.6 Å². The molecule has 1 N–H and O–H groups in total. The van der Waals surface area contributed by atoms with Crippen LogP contribution in [0, 0.1) is 0 Å². The maximum Gasteiger partial charge on any atom is 0.311 e. The molecule has 6 heteroatoms. The van der Waals surface area contributed by atoms with Crippen LogP contribution in [0.2, 0.25) is 0 Å². The van der Waals surface area contributed by atoms with Crippen molar-refractivity contribution in [2.24, 2.45) is 0 Å². The molecule has 0 bridgehead atoms. The first-order chi connectivity index (χ1) is 8.96. The Morgan fingerprint density at radius 2 is 2.26 bits per heavy atom. The van der Waals surface area contributed by atoms with Gasteiger partial charge in [-0.1, -0.05) is 19.0 Å². The molecule has 0 saturated carbocycles. The first kappa shape index (κ1) is 15.5. The van der Waals surface area contributed by atoms with Gasteiger partial charge in [0.1, 0.15) is 0 Å². The zero-order valence-electron chi connectivity index (χ0n) is 12.3. The second-order valence-electron chi connectivity index (χ2n) is 4.78. The van der Waals surface area contributed by atoms with Crippen LogP contribution < -0.4 is 10.1 Å². The lowest BCUT2D eigenvalue weighted by molar-refractivity contribution is 0.0877. The van der Waals surface area contributed by atoms with E-state index in [2.05, 4.69) is 43.2 Å². The molecule has 1 aromatic rings. The Morgan fingerprint density at radius 3 is 2.74 bits per heavy atom. The van der Waals surface area contributed by atoms with E-state index in [-0.39, 0.29) is 23.1 Å². The van der Waals surface area contributed by atoms with E-state index in [0.29, 0.717) is 6.54 Å². The molecule has 0 aromatic carbocycles. The van der Waals surface area contributed by atoms with Crippen LogP contribution in [0.4, 0.5) is 0 Å². The highest BCUT2D eigenvalue weighted by Gasteiger charge is 2.27. The number of methoxy groups -OCH3 is 1. The van der Waals surface area contributed by atoms with Gasteiger partial charge >= 0.3 is 5.95 Å². The van der Waals surface area contributed by atoms with Crippen molar-refractivity contribution >= 4 is 5.91 Å². The summed E-state index contributed by atoms with van der Waals surface area (Å²) in [5.74, 6) is -0.0229. The quantitative estimate of drug-likeness (QED) is 0.813. The van der Waals surface area contributed by atoms with Crippen LogP contribution >= 0.6 is 0 Å². The number of rotatable bonds is 7. The predicted octanol–water partition coefficient (Wildman–Crippen LogP) is 1.53. The number of aromatic nitrogens is 1. The van der Waals surface area contributed by atoms with Gasteiger partial charge in [-0.25, -0.2) is 0 Å². The molecule has 0 radical (unpaired) electrons. The summed E-state index contributed by atoms with van der Waals surface area (Å²) in [6, 6.07) is 1.47. The average molecular weight is 269 g/mol. The zero-order valence-corrected chi connectivity index (χ0v) is 12.3. The highest BCUT2D eigenvalue weighted by Crippen LogP contribution is 2.17. The Hall–Kier alpha value is -1.56. The molecule has 1 amide bonds. The van der Waals surface area contributed by atoms with E-state index < -0.39 is 0 Å². The zero-order chi connectivity index (χ0) is 14.5. The van der Waals surface area contributed by atoms with Gasteiger partial charge in [-0.2, -0.15) is 0 Å². The lowest BCUT2D eigenvalue weighted by Crippen LogP contribution is -2.51. The Kier molecular flexibility index (Phi) is 5.35. The molecule has 1 aromatic heterocycles. The lowest BCUT2D eigenvalue weighted by atomic mass is 9.96. The third-order valence-electron chi connectivity index (χ3n) is 3.71. The minimum atomic E-state index is -0.253. The van der Waals surface area contributed by atoms with Crippen molar-refractivity contribution in [3.63, 3.8) is 0 Å². The Balaban J connectivity index is 2.62. The molecule has 0 aliphatic carbocycles. The summed E-state index contributed by atoms with van der Waals surface area (Å²) in [5, 5.41) is 6.54. The molecule has 0 aliphatic rings. The largest absolute Gasteiger partial charge is 0.467 e. The van der Waals surface area contributed by atoms with E-state index in [1.807, 2.05) is 0 Å². The van der Waals surface area contributed by atoms with Crippen molar-refractivity contribution in [3.05, 3.63) is 11.8 Å². The molecule has 1 unspecified atom stereocenters. The van der Waals surface area contributed by atoms with Gasteiger partial charge in [0.05, 0.1) is 13.2 Å². The van der Waals surface area contributed by atoms with Crippen molar-refractivity contribution in [1.29, 1.82) is 0 Å². The van der Waals surface area contributed by atoms with Crippen molar-refractivity contribution in [1.82, 2.24) is 15.4 Å². The topological polar surface area (TPSA) is 67.6 Å². The summed E-state index contributed by atoms with van der Waals surface area (Å²) >= 11 is 0. The molecule has 1 heterocycles. The summed E-state index contributed by atoms with van der Waals surface area (Å²) in [6.45, 7) is 7.82. The first-order valence-corrected chi connectivity index (χ1v) is 6.47. The molecule has 1 rings (SSSR count). The molecule has 0 saturated heterocycles. The SMILES string of the molecule is CCN(C)C(C)(CC)CNC(=O)c1cc(OC)on1. The number of amides is 1. The summed E-state index contributed by atoms with van der Waals surface area (Å²) in [4.78, 5) is 14.2. The van der Waals surface area contributed by atoms with E-state index >= 15 is 0 Å². The van der Waals surface area contributed by atoms with E-state index in [9.17, 15) is 4.79 Å². The van der Waals surface area contributed by atoms with Gasteiger partial charge in [0.15, 0.2) is 5.69 Å². The Bertz CT molecular complexity index is 419. The van der Waals surface area contributed by atoms with Gasteiger partial charge in [0, 0.05) is 12.1 Å². The molecule has 6 nitrogen and oxygen atoms in total. The van der Waals surface area contributed by atoms with Crippen molar-refractivity contribution in [3.8, 4) is 5.95 Å². The van der Waals surface area contributed by atoms with Crippen LogP contribution in [-0.2, 0) is 0 Å². The monoisotopic (exact) mass is 269 g/mol. The smallest absolute Gasteiger partial charge is 0.311 e. The number of nitrogens with one attached hydrogen (secondary N) is 1. The number of carbonyl (C=O) groups is 1. The molecule has 0 spiro atoms. The van der Waals surface area contributed by atoms with E-state index in [4.69, 9.17) is 9.26 Å². The minimum absolute atomic E-state index is 0.0712. The van der Waals surface area contributed by atoms with Crippen LogP contribution in [0.25, 0.3) is 0 Å². The maximum atomic E-state index is 11.9. The summed E-state index contributed by atoms with van der Waals surface area (Å²) < 4.78 is 9.67. The van der Waals surface area contributed by atoms with Gasteiger partial charge in [-0.3, -0.25) is 9.69 Å². The standard InChI is InChI=1S/C13H23N3O3/c1-6-13(3,16(4)7-2)9-14-12(17)10-8-11(18-5)19-15-10/h8H,6-7,9H2,1-5H3,(H,14,17). The second-order valence-corrected chi connectivity index (χ2v) is 4.78. The van der Waals surface area contributed by atoms with Crippen molar-refractivity contribution < 1.29 is 14.1 Å². The summed E-state index contributed by atoms with van der Waals surface area (Å²) in [6.07, 6.45) is 0.944. The van der Waals surface area contributed by atoms with Crippen LogP contribution in [0.5, 0.6) is 5.95 Å². The van der Waals surface area contributed by atoms with Crippen LogP contribution in [0.15, 0.2) is 10.6 Å². The lowest BCUT2D eigenvalue weighted by Gasteiger charge is -2.37. The second kappa shape index (κ2) is 6.56. The first-order valence-electron chi connectivity index (χ1n) is 6.47. The minimum Gasteiger partial charge on any atom is -0.467 e. The number of hydrogen-bond acceptors (Lipinski definition) is 5. The highest BCUT2D eigenvalue weighted by atomic mass is 16.6. The van der Waals surface area contributed by atoms with Crippen molar-refractivity contribution in [2.45, 2.75) is 32.7 Å². The average Bonchev–Trinajstić information content (AvgIpc) is 2.92. The third-order valence-corrected chi connectivity index (χ3v) is 3.71. The number of ether oxygens (including phenoxy) is 1. The number of nitrogens with zero attached hydrogens (tertiary/aromatic N) is 2. The number of likely N-dealkylation sites (N-methyl/N-ethyl adjacent to an activating group) is 1. The summed E-state index contributed by atoms with van der Waals surface area (Å²) in [5.41, 5.74) is 0.160. The molecule has 1 atom stereocenters. The van der Waals surface area contributed by atoms with Gasteiger partial charge in [-0.15, -0.1) is 0 Å². The fourth-order valence-corrected chi connectivity index (χ4v) is 1.73. The van der Waals surface area contributed by atoms with Crippen molar-refractivity contribution in [2.75, 3.05) is 27.2 Å². The molecule has 19 heavy (non-hydrogen) atoms. The number of hydrogen-bond donors (Lipinski definition) is 1. The molecular weight excluding hydrogens is 246 g/mol. The Labute approximate surface area is 114 Å². The van der Waals surface area contributed by atoms with Gasteiger partial charge in [-0.05, 0) is 26.9 Å². The molecule has 0 fully saturated rings. The fourth-order valence-electron chi connectivity index (χ4n) is 1.73. The van der Waals surface area contributed by atoms with E-state index in [1.165, 1.54) is 13.2 Å². The third kappa shape index (κ3) is 3.70. The Morgan fingerprint density at radius 1 is 1.58 bits per heavy atom. The van der Waals surface area contributed by atoms with E-state index in [0.717, 1.165) is 13.0 Å². The summed E-state index contributed by atoms with van der Waals surface area (Å²) in [7, 11) is 3.52. The van der Waals surface area contributed by atoms with Gasteiger partial charge in [0.2, 0.25) is 0 Å². The maximum absolute atomic E-state index is 11.9. The fraction of sp³-hybridized carbons (Fsp3) is 0.692. The number of carbonyl (C=O) groups excluding carboxylic acids is 1. The molecule has 108 valence electrons.